The number of hydrogen-bond acceptors (Lipinski definition) is 7. The summed E-state index contributed by atoms with van der Waals surface area (Å²) in [6.45, 7) is 4.29. The Morgan fingerprint density at radius 1 is 1.04 bits per heavy atom. The van der Waals surface area contributed by atoms with Crippen LogP contribution in [0.1, 0.15) is 38.8 Å². The van der Waals surface area contributed by atoms with Crippen molar-refractivity contribution >= 4 is 17.6 Å². The van der Waals surface area contributed by atoms with Gasteiger partial charge in [0.05, 0.1) is 11.4 Å². The number of aromatic nitrogens is 5. The number of hydrogen-bond donors (Lipinski definition) is 2. The van der Waals surface area contributed by atoms with Crippen LogP contribution >= 0.6 is 0 Å². The number of rotatable bonds is 8. The molecule has 1 aliphatic rings. The van der Waals surface area contributed by atoms with Gasteiger partial charge >= 0.3 is 0 Å². The first-order valence-corrected chi connectivity index (χ1v) is 9.84. The van der Waals surface area contributed by atoms with E-state index in [1.165, 1.54) is 12.8 Å². The van der Waals surface area contributed by atoms with Gasteiger partial charge in [-0.3, -0.25) is 4.98 Å². The van der Waals surface area contributed by atoms with E-state index in [-0.39, 0.29) is 0 Å². The first-order chi connectivity index (χ1) is 13.7. The summed E-state index contributed by atoms with van der Waals surface area (Å²) in [7, 11) is 0. The van der Waals surface area contributed by atoms with Crippen LogP contribution in [0.2, 0.25) is 0 Å². The summed E-state index contributed by atoms with van der Waals surface area (Å²) < 4.78 is 0. The maximum absolute atomic E-state index is 4.82. The van der Waals surface area contributed by atoms with Crippen LogP contribution in [-0.2, 0) is 6.42 Å². The molecule has 1 unspecified atom stereocenters. The second-order valence-electron chi connectivity index (χ2n) is 7.28. The van der Waals surface area contributed by atoms with Crippen molar-refractivity contribution in [1.29, 1.82) is 0 Å². The predicted molar refractivity (Wildman–Crippen MR) is 110 cm³/mol. The van der Waals surface area contributed by atoms with Gasteiger partial charge in [0.15, 0.2) is 0 Å². The third kappa shape index (κ3) is 4.60. The Kier molecular flexibility index (Phi) is 5.41. The molecular weight excluding hydrogens is 350 g/mol. The van der Waals surface area contributed by atoms with Gasteiger partial charge in [0.25, 0.3) is 0 Å². The lowest BCUT2D eigenvalue weighted by molar-refractivity contribution is 0.744. The van der Waals surface area contributed by atoms with Crippen molar-refractivity contribution in [2.75, 3.05) is 10.6 Å². The molecule has 1 fully saturated rings. The van der Waals surface area contributed by atoms with E-state index < -0.39 is 0 Å². The summed E-state index contributed by atoms with van der Waals surface area (Å²) in [5, 5.41) is 6.59. The van der Waals surface area contributed by atoms with Crippen LogP contribution < -0.4 is 10.6 Å². The van der Waals surface area contributed by atoms with E-state index in [2.05, 4.69) is 39.4 Å². The molecule has 1 atom stereocenters. The predicted octanol–water partition coefficient (Wildman–Crippen LogP) is 4.24. The van der Waals surface area contributed by atoms with Gasteiger partial charge in [-0.05, 0) is 56.7 Å². The lowest BCUT2D eigenvalue weighted by Crippen LogP contribution is -2.16. The maximum Gasteiger partial charge on any atom is 0.227 e. The molecule has 1 saturated carbocycles. The highest BCUT2D eigenvalue weighted by Gasteiger charge is 2.25. The fourth-order valence-corrected chi connectivity index (χ4v) is 2.91. The standard InChI is InChI=1S/C21H25N7/c1-3-14(2)25-21-24-13-17(19(28-21)12-15-4-5-15)18-8-11-23-20(27-18)26-16-6-9-22-10-7-16/h6-11,13-15H,3-5,12H2,1-2H3,(H,24,25,28)(H,22,23,26,27). The highest BCUT2D eigenvalue weighted by molar-refractivity contribution is 5.64. The Balaban J connectivity index is 1.62. The Hall–Kier alpha value is -3.09. The minimum atomic E-state index is 0.342. The van der Waals surface area contributed by atoms with Crippen LogP contribution in [0.25, 0.3) is 11.3 Å². The van der Waals surface area contributed by atoms with Crippen LogP contribution in [-0.4, -0.2) is 31.0 Å². The van der Waals surface area contributed by atoms with E-state index in [1.54, 1.807) is 18.6 Å². The van der Waals surface area contributed by atoms with E-state index in [0.717, 1.165) is 41.4 Å². The zero-order valence-corrected chi connectivity index (χ0v) is 16.3. The molecule has 0 amide bonds. The van der Waals surface area contributed by atoms with Gasteiger partial charge in [0.1, 0.15) is 0 Å². The highest BCUT2D eigenvalue weighted by Crippen LogP contribution is 2.35. The number of nitrogens with zero attached hydrogens (tertiary/aromatic N) is 5. The largest absolute Gasteiger partial charge is 0.352 e. The van der Waals surface area contributed by atoms with Crippen LogP contribution in [0, 0.1) is 5.92 Å². The molecule has 0 aromatic carbocycles. The summed E-state index contributed by atoms with van der Waals surface area (Å²) in [4.78, 5) is 22.4. The zero-order valence-electron chi connectivity index (χ0n) is 16.3. The zero-order chi connectivity index (χ0) is 19.3. The molecule has 0 spiro atoms. The molecule has 7 heteroatoms. The van der Waals surface area contributed by atoms with Crippen molar-refractivity contribution in [3.63, 3.8) is 0 Å². The molecule has 2 N–H and O–H groups in total. The third-order valence-electron chi connectivity index (χ3n) is 4.90. The SMILES string of the molecule is CCC(C)Nc1ncc(-c2ccnc(Nc3ccncc3)n2)c(CC2CC2)n1. The number of pyridine rings is 1. The first kappa shape index (κ1) is 18.3. The molecule has 7 nitrogen and oxygen atoms in total. The van der Waals surface area contributed by atoms with Gasteiger partial charge in [-0.15, -0.1) is 0 Å². The second-order valence-corrected chi connectivity index (χ2v) is 7.28. The van der Waals surface area contributed by atoms with E-state index in [9.17, 15) is 0 Å². The molecule has 4 rings (SSSR count). The minimum Gasteiger partial charge on any atom is -0.352 e. The Morgan fingerprint density at radius 2 is 1.86 bits per heavy atom. The van der Waals surface area contributed by atoms with E-state index in [1.807, 2.05) is 24.4 Å². The van der Waals surface area contributed by atoms with Crippen molar-refractivity contribution in [1.82, 2.24) is 24.9 Å². The maximum atomic E-state index is 4.82. The number of anilines is 3. The average molecular weight is 375 g/mol. The van der Waals surface area contributed by atoms with Crippen molar-refractivity contribution in [2.24, 2.45) is 5.92 Å². The molecule has 0 radical (unpaired) electrons. The van der Waals surface area contributed by atoms with Crippen LogP contribution in [0.4, 0.5) is 17.6 Å². The van der Waals surface area contributed by atoms with Crippen molar-refractivity contribution < 1.29 is 0 Å². The molecule has 144 valence electrons. The minimum absolute atomic E-state index is 0.342. The fraction of sp³-hybridized carbons (Fsp3) is 0.381. The average Bonchev–Trinajstić information content (AvgIpc) is 3.53. The Bertz CT molecular complexity index is 925. The summed E-state index contributed by atoms with van der Waals surface area (Å²) in [5.74, 6) is 1.96. The molecule has 0 bridgehead atoms. The molecule has 1 aliphatic carbocycles. The van der Waals surface area contributed by atoms with Crippen molar-refractivity contribution in [2.45, 2.75) is 45.6 Å². The Morgan fingerprint density at radius 3 is 2.61 bits per heavy atom. The van der Waals surface area contributed by atoms with E-state index >= 15 is 0 Å². The molecule has 0 saturated heterocycles. The number of nitrogens with one attached hydrogen (secondary N) is 2. The highest BCUT2D eigenvalue weighted by atomic mass is 15.1. The van der Waals surface area contributed by atoms with Gasteiger partial charge < -0.3 is 10.6 Å². The topological polar surface area (TPSA) is 88.5 Å². The third-order valence-corrected chi connectivity index (χ3v) is 4.90. The Labute approximate surface area is 165 Å². The monoisotopic (exact) mass is 375 g/mol. The first-order valence-electron chi connectivity index (χ1n) is 9.84. The van der Waals surface area contributed by atoms with Gasteiger partial charge in [-0.1, -0.05) is 6.92 Å². The van der Waals surface area contributed by atoms with Crippen LogP contribution in [0.3, 0.4) is 0 Å². The van der Waals surface area contributed by atoms with Crippen molar-refractivity contribution in [3.05, 3.63) is 48.7 Å². The molecule has 3 aromatic heterocycles. The van der Waals surface area contributed by atoms with Crippen LogP contribution in [0.5, 0.6) is 0 Å². The van der Waals surface area contributed by atoms with Gasteiger partial charge in [-0.25, -0.2) is 19.9 Å². The molecule has 0 aliphatic heterocycles. The lowest BCUT2D eigenvalue weighted by atomic mass is 10.1. The normalized spacial score (nSPS) is 14.5. The molecule has 3 heterocycles. The van der Waals surface area contributed by atoms with E-state index in [0.29, 0.717) is 17.9 Å². The molecule has 28 heavy (non-hydrogen) atoms. The smallest absolute Gasteiger partial charge is 0.227 e. The summed E-state index contributed by atoms with van der Waals surface area (Å²) >= 11 is 0. The van der Waals surface area contributed by atoms with Gasteiger partial charge in [0.2, 0.25) is 11.9 Å². The molecule has 3 aromatic rings. The van der Waals surface area contributed by atoms with Crippen LogP contribution in [0.15, 0.2) is 43.0 Å². The summed E-state index contributed by atoms with van der Waals surface area (Å²) in [5.41, 5.74) is 3.76. The van der Waals surface area contributed by atoms with E-state index in [4.69, 9.17) is 9.97 Å². The fourth-order valence-electron chi connectivity index (χ4n) is 2.91. The molecular formula is C21H25N7. The summed E-state index contributed by atoms with van der Waals surface area (Å²) in [6.07, 6.45) is 11.6. The van der Waals surface area contributed by atoms with Gasteiger partial charge in [-0.2, -0.15) is 0 Å². The van der Waals surface area contributed by atoms with Gasteiger partial charge in [0, 0.05) is 42.1 Å². The second kappa shape index (κ2) is 8.29. The summed E-state index contributed by atoms with van der Waals surface area (Å²) in [6, 6.07) is 6.02. The lowest BCUT2D eigenvalue weighted by Gasteiger charge is -2.14. The quantitative estimate of drug-likeness (QED) is 0.609. The van der Waals surface area contributed by atoms with Crippen molar-refractivity contribution in [3.8, 4) is 11.3 Å².